The van der Waals surface area contributed by atoms with Gasteiger partial charge in [-0.25, -0.2) is 19.9 Å². The van der Waals surface area contributed by atoms with Gasteiger partial charge in [0.05, 0.1) is 16.7 Å². The number of rotatable bonds is 3. The lowest BCUT2D eigenvalue weighted by Crippen LogP contribution is -2.27. The fourth-order valence-electron chi connectivity index (χ4n) is 3.69. The molecule has 0 unspecified atom stereocenters. The van der Waals surface area contributed by atoms with Gasteiger partial charge in [-0.3, -0.25) is 4.79 Å². The van der Waals surface area contributed by atoms with Crippen molar-refractivity contribution in [3.63, 3.8) is 0 Å². The SMILES string of the molecule is CC1(C)C(=O)Nc2nc(-c3cn4ccnc4c(Cc4ccccc4)n3)nc(N)c21. The highest BCUT2D eigenvalue weighted by Gasteiger charge is 2.42. The number of anilines is 2. The van der Waals surface area contributed by atoms with Gasteiger partial charge >= 0.3 is 0 Å². The average molecular weight is 385 g/mol. The molecule has 0 spiro atoms. The van der Waals surface area contributed by atoms with Crippen LogP contribution in [-0.4, -0.2) is 30.2 Å². The molecule has 0 radical (unpaired) electrons. The van der Waals surface area contributed by atoms with Gasteiger partial charge in [0.25, 0.3) is 0 Å². The zero-order valence-corrected chi connectivity index (χ0v) is 16.0. The molecule has 5 rings (SSSR count). The van der Waals surface area contributed by atoms with Gasteiger partial charge in [-0.05, 0) is 19.4 Å². The molecule has 3 aromatic heterocycles. The molecule has 1 aromatic carbocycles. The highest BCUT2D eigenvalue weighted by Crippen LogP contribution is 2.40. The maximum Gasteiger partial charge on any atom is 0.235 e. The summed E-state index contributed by atoms with van der Waals surface area (Å²) in [6.07, 6.45) is 6.03. The Morgan fingerprint density at radius 2 is 1.93 bits per heavy atom. The molecular weight excluding hydrogens is 366 g/mol. The quantitative estimate of drug-likeness (QED) is 0.561. The van der Waals surface area contributed by atoms with E-state index in [0.717, 1.165) is 16.9 Å². The standard InChI is InChI=1S/C21H19N7O/c1-21(2)15-16(22)25-17(26-18(15)27-20(21)29)14-11-28-9-8-23-19(28)13(24-14)10-12-6-4-3-5-7-12/h3-9,11H,10H2,1-2H3,(H3,22,25,26,27,29). The van der Waals surface area contributed by atoms with Crippen molar-refractivity contribution in [2.75, 3.05) is 11.1 Å². The van der Waals surface area contributed by atoms with Crippen molar-refractivity contribution in [1.82, 2.24) is 24.3 Å². The Balaban J connectivity index is 1.64. The van der Waals surface area contributed by atoms with Crippen LogP contribution in [0.1, 0.15) is 30.7 Å². The molecule has 0 saturated heterocycles. The molecule has 4 heterocycles. The molecule has 1 aliphatic heterocycles. The first-order valence-electron chi connectivity index (χ1n) is 9.30. The van der Waals surface area contributed by atoms with Crippen molar-refractivity contribution in [2.24, 2.45) is 0 Å². The number of benzene rings is 1. The summed E-state index contributed by atoms with van der Waals surface area (Å²) < 4.78 is 1.90. The van der Waals surface area contributed by atoms with E-state index in [9.17, 15) is 4.79 Å². The average Bonchev–Trinajstić information content (AvgIpc) is 3.25. The number of hydrogen-bond donors (Lipinski definition) is 2. The first-order valence-corrected chi connectivity index (χ1v) is 9.30. The van der Waals surface area contributed by atoms with E-state index in [2.05, 4.69) is 32.4 Å². The molecule has 8 heteroatoms. The minimum Gasteiger partial charge on any atom is -0.383 e. The second kappa shape index (κ2) is 6.10. The molecule has 0 fully saturated rings. The second-order valence-corrected chi connectivity index (χ2v) is 7.63. The molecule has 1 aliphatic rings. The molecular formula is C21H19N7O. The summed E-state index contributed by atoms with van der Waals surface area (Å²) in [5, 5.41) is 2.81. The number of imidazole rings is 1. The fourth-order valence-corrected chi connectivity index (χ4v) is 3.69. The van der Waals surface area contributed by atoms with Crippen LogP contribution in [0.25, 0.3) is 17.2 Å². The molecule has 0 saturated carbocycles. The minimum absolute atomic E-state index is 0.145. The predicted octanol–water partition coefficient (Wildman–Crippen LogP) is 2.59. The van der Waals surface area contributed by atoms with E-state index in [-0.39, 0.29) is 11.7 Å². The van der Waals surface area contributed by atoms with Crippen molar-refractivity contribution in [3.8, 4) is 11.5 Å². The maximum absolute atomic E-state index is 12.3. The third-order valence-electron chi connectivity index (χ3n) is 5.25. The Kier molecular flexibility index (Phi) is 3.64. The Morgan fingerprint density at radius 1 is 1.14 bits per heavy atom. The lowest BCUT2D eigenvalue weighted by molar-refractivity contribution is -0.119. The largest absolute Gasteiger partial charge is 0.383 e. The number of nitrogen functional groups attached to an aromatic ring is 1. The first kappa shape index (κ1) is 17.3. The van der Waals surface area contributed by atoms with Gasteiger partial charge in [0.2, 0.25) is 5.91 Å². The molecule has 3 N–H and O–H groups in total. The summed E-state index contributed by atoms with van der Waals surface area (Å²) in [6.45, 7) is 3.61. The van der Waals surface area contributed by atoms with Crippen LogP contribution in [0.2, 0.25) is 0 Å². The Hall–Kier alpha value is -3.81. The summed E-state index contributed by atoms with van der Waals surface area (Å²) in [7, 11) is 0. The Morgan fingerprint density at radius 3 is 2.72 bits per heavy atom. The third-order valence-corrected chi connectivity index (χ3v) is 5.25. The van der Waals surface area contributed by atoms with E-state index in [0.29, 0.717) is 29.3 Å². The summed E-state index contributed by atoms with van der Waals surface area (Å²) in [6, 6.07) is 10.1. The van der Waals surface area contributed by atoms with E-state index in [4.69, 9.17) is 10.7 Å². The van der Waals surface area contributed by atoms with Crippen LogP contribution in [0.3, 0.4) is 0 Å². The molecule has 1 amide bonds. The van der Waals surface area contributed by atoms with Crippen LogP contribution in [0.15, 0.2) is 48.9 Å². The van der Waals surface area contributed by atoms with E-state index in [1.54, 1.807) is 20.0 Å². The highest BCUT2D eigenvalue weighted by molar-refractivity contribution is 6.06. The Labute approximate surface area is 166 Å². The van der Waals surface area contributed by atoms with Crippen molar-refractivity contribution < 1.29 is 4.79 Å². The zero-order valence-electron chi connectivity index (χ0n) is 16.0. The number of nitrogens with two attached hydrogens (primary N) is 1. The Bertz CT molecular complexity index is 1260. The lowest BCUT2D eigenvalue weighted by atomic mass is 9.87. The van der Waals surface area contributed by atoms with Crippen LogP contribution in [0.4, 0.5) is 11.6 Å². The number of aromatic nitrogens is 5. The number of hydrogen-bond acceptors (Lipinski definition) is 6. The molecule has 0 atom stereocenters. The number of nitrogens with zero attached hydrogens (tertiary/aromatic N) is 5. The number of fused-ring (bicyclic) bond motifs is 2. The summed E-state index contributed by atoms with van der Waals surface area (Å²) in [5.74, 6) is 0.947. The van der Waals surface area contributed by atoms with E-state index >= 15 is 0 Å². The van der Waals surface area contributed by atoms with Crippen molar-refractivity contribution in [1.29, 1.82) is 0 Å². The van der Waals surface area contributed by atoms with Crippen LogP contribution in [-0.2, 0) is 16.6 Å². The molecule has 0 aliphatic carbocycles. The summed E-state index contributed by atoms with van der Waals surface area (Å²) >= 11 is 0. The monoisotopic (exact) mass is 385 g/mol. The van der Waals surface area contributed by atoms with Gasteiger partial charge in [-0.15, -0.1) is 0 Å². The molecule has 29 heavy (non-hydrogen) atoms. The van der Waals surface area contributed by atoms with Gasteiger partial charge in [0.1, 0.15) is 17.3 Å². The van der Waals surface area contributed by atoms with Crippen LogP contribution < -0.4 is 11.1 Å². The molecule has 4 aromatic rings. The number of carbonyl (C=O) groups excluding carboxylic acids is 1. The molecule has 144 valence electrons. The van der Waals surface area contributed by atoms with Crippen LogP contribution in [0.5, 0.6) is 0 Å². The normalized spacial score (nSPS) is 14.8. The van der Waals surface area contributed by atoms with E-state index < -0.39 is 5.41 Å². The number of carbonyl (C=O) groups is 1. The zero-order chi connectivity index (χ0) is 20.2. The van der Waals surface area contributed by atoms with Crippen molar-refractivity contribution in [2.45, 2.75) is 25.7 Å². The van der Waals surface area contributed by atoms with Crippen LogP contribution in [0, 0.1) is 0 Å². The number of amides is 1. The van der Waals surface area contributed by atoms with Crippen molar-refractivity contribution >= 4 is 23.2 Å². The highest BCUT2D eigenvalue weighted by atomic mass is 16.2. The van der Waals surface area contributed by atoms with Gasteiger partial charge in [-0.2, -0.15) is 0 Å². The second-order valence-electron chi connectivity index (χ2n) is 7.63. The number of nitrogens with one attached hydrogen (secondary N) is 1. The van der Waals surface area contributed by atoms with E-state index in [1.165, 1.54) is 0 Å². The van der Waals surface area contributed by atoms with E-state index in [1.807, 2.05) is 35.0 Å². The molecule has 8 nitrogen and oxygen atoms in total. The summed E-state index contributed by atoms with van der Waals surface area (Å²) in [4.78, 5) is 30.5. The topological polar surface area (TPSA) is 111 Å². The van der Waals surface area contributed by atoms with Gasteiger partial charge in [0, 0.05) is 25.0 Å². The molecule has 0 bridgehead atoms. The van der Waals surface area contributed by atoms with Gasteiger partial charge in [-0.1, -0.05) is 30.3 Å². The smallest absolute Gasteiger partial charge is 0.235 e. The van der Waals surface area contributed by atoms with Gasteiger partial charge in [0.15, 0.2) is 11.5 Å². The predicted molar refractivity (Wildman–Crippen MR) is 109 cm³/mol. The maximum atomic E-state index is 12.3. The van der Waals surface area contributed by atoms with Crippen LogP contribution >= 0.6 is 0 Å². The minimum atomic E-state index is -0.766. The lowest BCUT2D eigenvalue weighted by Gasteiger charge is -2.16. The summed E-state index contributed by atoms with van der Waals surface area (Å²) in [5.41, 5.74) is 9.36. The van der Waals surface area contributed by atoms with Gasteiger partial charge < -0.3 is 15.5 Å². The first-order chi connectivity index (χ1) is 13.9. The third kappa shape index (κ3) is 2.72. The van der Waals surface area contributed by atoms with Crippen molar-refractivity contribution in [3.05, 3.63) is 65.7 Å². The fraction of sp³-hybridized carbons (Fsp3) is 0.190.